The normalized spacial score (nSPS) is 22.6. The van der Waals surface area contributed by atoms with Gasteiger partial charge in [0.05, 0.1) is 11.6 Å². The molecule has 0 saturated carbocycles. The van der Waals surface area contributed by atoms with Crippen LogP contribution in [0.4, 0.5) is 18.0 Å². The van der Waals surface area contributed by atoms with Crippen molar-refractivity contribution in [3.8, 4) is 0 Å². The maximum absolute atomic E-state index is 12.8. The van der Waals surface area contributed by atoms with Crippen LogP contribution >= 0.6 is 11.6 Å². The van der Waals surface area contributed by atoms with Crippen molar-refractivity contribution in [2.75, 3.05) is 26.2 Å². The molecule has 22 heavy (non-hydrogen) atoms. The predicted octanol–water partition coefficient (Wildman–Crippen LogP) is 2.57. The number of hydrogen-bond acceptors (Lipinski definition) is 2. The largest absolute Gasteiger partial charge is 0.416 e. The van der Waals surface area contributed by atoms with E-state index in [0.717, 1.165) is 12.1 Å². The fourth-order valence-corrected chi connectivity index (χ4v) is 3.23. The van der Waals surface area contributed by atoms with Gasteiger partial charge >= 0.3 is 12.2 Å². The Balaban J connectivity index is 1.71. The highest BCUT2D eigenvalue weighted by atomic mass is 35.5. The number of nitrogens with one attached hydrogen (secondary N) is 1. The van der Waals surface area contributed by atoms with Crippen molar-refractivity contribution in [1.29, 1.82) is 0 Å². The van der Waals surface area contributed by atoms with Gasteiger partial charge in [-0.25, -0.2) is 4.79 Å². The molecule has 0 unspecified atom stereocenters. The quantitative estimate of drug-likeness (QED) is 0.903. The Hall–Kier alpha value is -1.47. The lowest BCUT2D eigenvalue weighted by atomic mass is 10.1. The lowest BCUT2D eigenvalue weighted by Crippen LogP contribution is -2.51. The van der Waals surface area contributed by atoms with Crippen molar-refractivity contribution in [1.82, 2.24) is 15.1 Å². The molecule has 1 aromatic carbocycles. The maximum atomic E-state index is 12.8. The Labute approximate surface area is 130 Å². The first-order chi connectivity index (χ1) is 10.3. The summed E-state index contributed by atoms with van der Waals surface area (Å²) < 4.78 is 38.5. The Morgan fingerprint density at radius 1 is 1.27 bits per heavy atom. The monoisotopic (exact) mass is 333 g/mol. The van der Waals surface area contributed by atoms with Gasteiger partial charge in [0, 0.05) is 37.7 Å². The molecule has 2 saturated heterocycles. The highest BCUT2D eigenvalue weighted by Gasteiger charge is 2.35. The minimum absolute atomic E-state index is 0.0632. The van der Waals surface area contributed by atoms with Crippen molar-refractivity contribution in [3.63, 3.8) is 0 Å². The first-order valence-corrected chi connectivity index (χ1v) is 7.34. The van der Waals surface area contributed by atoms with Gasteiger partial charge in [-0.3, -0.25) is 4.90 Å². The van der Waals surface area contributed by atoms with E-state index in [-0.39, 0.29) is 17.1 Å². The summed E-state index contributed by atoms with van der Waals surface area (Å²) in [5.41, 5.74) is -0.197. The fourth-order valence-electron chi connectivity index (χ4n) is 2.98. The summed E-state index contributed by atoms with van der Waals surface area (Å²) >= 11 is 5.80. The van der Waals surface area contributed by atoms with E-state index in [2.05, 4.69) is 5.32 Å². The molecule has 1 N–H and O–H groups in total. The number of alkyl halides is 3. The van der Waals surface area contributed by atoms with Gasteiger partial charge in [0.15, 0.2) is 0 Å². The number of piperazine rings is 1. The van der Waals surface area contributed by atoms with Crippen LogP contribution in [0, 0.1) is 0 Å². The van der Waals surface area contributed by atoms with Gasteiger partial charge in [-0.2, -0.15) is 13.2 Å². The second-order valence-corrected chi connectivity index (χ2v) is 6.05. The number of nitrogens with zero attached hydrogens (tertiary/aromatic N) is 2. The summed E-state index contributed by atoms with van der Waals surface area (Å²) in [6.07, 6.45) is -4.40. The number of fused-ring (bicyclic) bond motifs is 1. The summed E-state index contributed by atoms with van der Waals surface area (Å²) in [7, 11) is 0. The maximum Gasteiger partial charge on any atom is 0.416 e. The van der Waals surface area contributed by atoms with Crippen LogP contribution in [0.1, 0.15) is 11.1 Å². The zero-order valence-corrected chi connectivity index (χ0v) is 12.4. The molecule has 8 heteroatoms. The molecular formula is C14H15ClF3N3O. The summed E-state index contributed by atoms with van der Waals surface area (Å²) in [5.74, 6) is 0. The predicted molar refractivity (Wildman–Crippen MR) is 75.6 cm³/mol. The Morgan fingerprint density at radius 3 is 2.77 bits per heavy atom. The minimum atomic E-state index is -4.40. The van der Waals surface area contributed by atoms with E-state index in [1.165, 1.54) is 0 Å². The van der Waals surface area contributed by atoms with Crippen LogP contribution < -0.4 is 5.32 Å². The number of carbonyl (C=O) groups is 1. The van der Waals surface area contributed by atoms with Crippen LogP contribution in [-0.4, -0.2) is 48.1 Å². The smallest absolute Gasteiger partial charge is 0.336 e. The number of rotatable bonds is 2. The highest BCUT2D eigenvalue weighted by molar-refractivity contribution is 6.30. The molecule has 2 amide bonds. The van der Waals surface area contributed by atoms with Gasteiger partial charge in [-0.05, 0) is 23.8 Å². The second-order valence-electron chi connectivity index (χ2n) is 5.61. The lowest BCUT2D eigenvalue weighted by Gasteiger charge is -2.36. The van der Waals surface area contributed by atoms with Crippen LogP contribution in [0.5, 0.6) is 0 Å². The highest BCUT2D eigenvalue weighted by Crippen LogP contribution is 2.32. The summed E-state index contributed by atoms with van der Waals surface area (Å²) in [6.45, 7) is 2.84. The van der Waals surface area contributed by atoms with E-state index in [1.807, 2.05) is 4.90 Å². The first kappa shape index (κ1) is 15.4. The van der Waals surface area contributed by atoms with Gasteiger partial charge < -0.3 is 10.2 Å². The van der Waals surface area contributed by atoms with Crippen LogP contribution in [0.15, 0.2) is 18.2 Å². The topological polar surface area (TPSA) is 35.6 Å². The van der Waals surface area contributed by atoms with Gasteiger partial charge in [0.2, 0.25) is 0 Å². The fraction of sp³-hybridized carbons (Fsp3) is 0.500. The number of carbonyl (C=O) groups excluding carboxylic acids is 1. The number of amides is 2. The molecule has 1 atom stereocenters. The molecule has 0 aliphatic carbocycles. The Bertz CT molecular complexity index is 593. The van der Waals surface area contributed by atoms with E-state index in [4.69, 9.17) is 11.6 Å². The van der Waals surface area contributed by atoms with Gasteiger partial charge in [0.1, 0.15) is 0 Å². The lowest BCUT2D eigenvalue weighted by molar-refractivity contribution is -0.137. The third kappa shape index (κ3) is 3.15. The Morgan fingerprint density at radius 2 is 2.05 bits per heavy atom. The van der Waals surface area contributed by atoms with E-state index < -0.39 is 11.7 Å². The number of halogens is 4. The zero-order chi connectivity index (χ0) is 15.9. The van der Waals surface area contributed by atoms with Gasteiger partial charge in [-0.15, -0.1) is 0 Å². The van der Waals surface area contributed by atoms with E-state index in [9.17, 15) is 18.0 Å². The minimum Gasteiger partial charge on any atom is -0.336 e. The molecule has 2 aliphatic rings. The molecule has 3 rings (SSSR count). The van der Waals surface area contributed by atoms with Gasteiger partial charge in [0.25, 0.3) is 0 Å². The zero-order valence-electron chi connectivity index (χ0n) is 11.7. The Kier molecular flexibility index (Phi) is 3.94. The molecule has 2 heterocycles. The first-order valence-electron chi connectivity index (χ1n) is 6.96. The summed E-state index contributed by atoms with van der Waals surface area (Å²) in [4.78, 5) is 15.3. The van der Waals surface area contributed by atoms with Crippen molar-refractivity contribution >= 4 is 17.6 Å². The van der Waals surface area contributed by atoms with Crippen molar-refractivity contribution in [3.05, 3.63) is 34.3 Å². The number of benzene rings is 1. The number of hydrogen-bond donors (Lipinski definition) is 1. The molecule has 2 fully saturated rings. The van der Waals surface area contributed by atoms with Crippen LogP contribution in [0.2, 0.25) is 5.02 Å². The second kappa shape index (κ2) is 5.62. The van der Waals surface area contributed by atoms with Crippen LogP contribution in [0.3, 0.4) is 0 Å². The van der Waals surface area contributed by atoms with Crippen molar-refractivity contribution < 1.29 is 18.0 Å². The molecule has 0 bridgehead atoms. The van der Waals surface area contributed by atoms with Crippen molar-refractivity contribution in [2.24, 2.45) is 0 Å². The van der Waals surface area contributed by atoms with Crippen LogP contribution in [-0.2, 0) is 12.7 Å². The third-order valence-corrected chi connectivity index (χ3v) is 4.23. The van der Waals surface area contributed by atoms with Crippen LogP contribution in [0.25, 0.3) is 0 Å². The SMILES string of the molecule is O=C1NC[C@H]2CN(Cc3cc(Cl)cc(C(F)(F)F)c3)CCN12. The molecule has 0 spiro atoms. The molecule has 4 nitrogen and oxygen atoms in total. The molecular weight excluding hydrogens is 319 g/mol. The molecule has 120 valence electrons. The standard InChI is InChI=1S/C14H15ClF3N3O/c15-11-4-9(3-10(5-11)14(16,17)18)7-20-1-2-21-12(8-20)6-19-13(21)22/h3-5,12H,1-2,6-8H2,(H,19,22)/t12-/m0/s1. The molecule has 2 aliphatic heterocycles. The van der Waals surface area contributed by atoms with E-state index in [1.54, 1.807) is 11.0 Å². The van der Waals surface area contributed by atoms with Crippen molar-refractivity contribution in [2.45, 2.75) is 18.8 Å². The average Bonchev–Trinajstić information content (AvgIpc) is 2.78. The summed E-state index contributed by atoms with van der Waals surface area (Å²) in [6, 6.07) is 3.65. The number of urea groups is 1. The third-order valence-electron chi connectivity index (χ3n) is 4.01. The summed E-state index contributed by atoms with van der Waals surface area (Å²) in [5, 5.41) is 2.86. The van der Waals surface area contributed by atoms with E-state index in [0.29, 0.717) is 38.3 Å². The van der Waals surface area contributed by atoms with Gasteiger partial charge in [-0.1, -0.05) is 11.6 Å². The molecule has 0 aromatic heterocycles. The molecule has 1 aromatic rings. The average molecular weight is 334 g/mol. The molecule has 0 radical (unpaired) electrons. The van der Waals surface area contributed by atoms with E-state index >= 15 is 0 Å².